The smallest absolute Gasteiger partial charge is 0.459 e. The van der Waals surface area contributed by atoms with Crippen molar-refractivity contribution in [2.45, 2.75) is 63.9 Å². The number of carbonyl (C=O) groups excluding carboxylic acids is 1. The molecule has 0 bridgehead atoms. The number of alkyl halides is 1. The van der Waals surface area contributed by atoms with Crippen LogP contribution < -0.4 is 20.9 Å². The van der Waals surface area contributed by atoms with E-state index in [1.54, 1.807) is 31.4 Å². The zero-order chi connectivity index (χ0) is 29.9. The number of H-pyrrole nitrogens is 1. The Kier molecular flexibility index (Phi) is 9.21. The molecule has 1 saturated heterocycles. The fourth-order valence-corrected chi connectivity index (χ4v) is 5.93. The first-order valence-corrected chi connectivity index (χ1v) is 14.8. The number of nitrogens with one attached hydrogen (secondary N) is 2. The molecule has 14 nitrogen and oxygen atoms in total. The van der Waals surface area contributed by atoms with Gasteiger partial charge in [-0.15, -0.1) is 5.10 Å². The van der Waals surface area contributed by atoms with Crippen molar-refractivity contribution in [2.75, 3.05) is 6.61 Å². The van der Waals surface area contributed by atoms with Gasteiger partial charge >= 0.3 is 19.4 Å². The third-order valence-corrected chi connectivity index (χ3v) is 8.17. The third-order valence-electron chi connectivity index (χ3n) is 6.02. The molecule has 4 rings (SSSR count). The molecule has 1 aromatic carbocycles. The van der Waals surface area contributed by atoms with E-state index in [1.807, 2.05) is 4.98 Å². The summed E-state index contributed by atoms with van der Waals surface area (Å²) in [7, 11) is -4.40. The van der Waals surface area contributed by atoms with Crippen LogP contribution in [0.2, 0.25) is 0 Å². The Morgan fingerprint density at radius 1 is 1.29 bits per heavy atom. The van der Waals surface area contributed by atoms with E-state index in [4.69, 9.17) is 18.5 Å². The third kappa shape index (κ3) is 7.15. The second kappa shape index (κ2) is 12.3. The topological polar surface area (TPSA) is 184 Å². The van der Waals surface area contributed by atoms with E-state index in [0.29, 0.717) is 5.69 Å². The van der Waals surface area contributed by atoms with Crippen LogP contribution in [0.1, 0.15) is 33.9 Å². The van der Waals surface area contributed by atoms with Gasteiger partial charge in [-0.3, -0.25) is 23.7 Å². The molecule has 17 heteroatoms. The van der Waals surface area contributed by atoms with Crippen LogP contribution in [0.5, 0.6) is 5.75 Å². The summed E-state index contributed by atoms with van der Waals surface area (Å²) in [4.78, 5) is 38.1. The average Bonchev–Trinajstić information content (AvgIpc) is 3.51. The summed E-state index contributed by atoms with van der Waals surface area (Å²) in [5.41, 5.74) is -2.82. The summed E-state index contributed by atoms with van der Waals surface area (Å²) in [5, 5.41) is 18.9. The minimum absolute atomic E-state index is 0.0955. The van der Waals surface area contributed by atoms with Crippen molar-refractivity contribution in [3.63, 3.8) is 0 Å². The number of aromatic amines is 1. The van der Waals surface area contributed by atoms with E-state index >= 15 is 4.39 Å². The Balaban J connectivity index is 1.54. The lowest BCUT2D eigenvalue weighted by molar-refractivity contribution is -0.149. The first kappa shape index (κ1) is 30.7. The molecule has 6 unspecified atom stereocenters. The van der Waals surface area contributed by atoms with E-state index < -0.39 is 67.8 Å². The van der Waals surface area contributed by atoms with E-state index in [9.17, 15) is 24.1 Å². The number of carbonyl (C=O) groups is 1. The molecular formula is C24H29FN5O9PS. The number of rotatable bonds is 11. The molecule has 0 aliphatic carbocycles. The molecule has 3 N–H and O–H groups in total. The van der Waals surface area contributed by atoms with Crippen LogP contribution in [0.3, 0.4) is 0 Å². The second-order valence-corrected chi connectivity index (χ2v) is 12.0. The maximum absolute atomic E-state index is 15.6. The van der Waals surface area contributed by atoms with Crippen LogP contribution in [0.4, 0.5) is 4.39 Å². The standard InChI is InChI=1S/C24H29FN5O9PS/c1-13(2)37-21(33)14(3)28-40(35,39-16-7-5-15(6-8-16)17-12-41-29-27-17)36-11-18-20(32)24(4,25)22(38-18)30-10-9-19(31)26-23(30)34/h5-10,12-14,18,20,22,32H,11H2,1-4H3,(H,28,35)(H,26,31,34). The van der Waals surface area contributed by atoms with Gasteiger partial charge in [-0.25, -0.2) is 13.8 Å². The van der Waals surface area contributed by atoms with E-state index in [1.165, 1.54) is 30.6 Å². The molecule has 0 radical (unpaired) electrons. The molecule has 2 aromatic heterocycles. The van der Waals surface area contributed by atoms with Crippen molar-refractivity contribution in [1.82, 2.24) is 24.2 Å². The number of hydrogen-bond acceptors (Lipinski definition) is 12. The first-order valence-electron chi connectivity index (χ1n) is 12.4. The molecule has 1 aliphatic rings. The van der Waals surface area contributed by atoms with Gasteiger partial charge < -0.3 is 19.1 Å². The molecule has 3 heterocycles. The molecule has 0 amide bonds. The lowest BCUT2D eigenvalue weighted by atomic mass is 9.98. The summed E-state index contributed by atoms with van der Waals surface area (Å²) in [5.74, 6) is -0.636. The number of nitrogens with zero attached hydrogens (tertiary/aromatic N) is 3. The predicted molar refractivity (Wildman–Crippen MR) is 144 cm³/mol. The van der Waals surface area contributed by atoms with Gasteiger partial charge in [-0.1, -0.05) is 4.49 Å². The fraction of sp³-hybridized carbons (Fsp3) is 0.458. The van der Waals surface area contributed by atoms with Crippen LogP contribution in [-0.4, -0.2) is 66.8 Å². The maximum Gasteiger partial charge on any atom is 0.459 e. The van der Waals surface area contributed by atoms with Gasteiger partial charge in [-0.05, 0) is 63.5 Å². The van der Waals surface area contributed by atoms with E-state index in [0.717, 1.165) is 29.3 Å². The first-order chi connectivity index (χ1) is 19.3. The monoisotopic (exact) mass is 613 g/mol. The van der Waals surface area contributed by atoms with Crippen molar-refractivity contribution in [2.24, 2.45) is 0 Å². The number of aliphatic hydroxyl groups is 1. The van der Waals surface area contributed by atoms with Crippen molar-refractivity contribution >= 4 is 25.2 Å². The van der Waals surface area contributed by atoms with Crippen LogP contribution in [-0.2, 0) is 23.4 Å². The number of hydrogen-bond donors (Lipinski definition) is 3. The molecule has 222 valence electrons. The summed E-state index contributed by atoms with van der Waals surface area (Å²) in [6, 6.07) is 6.15. The highest BCUT2D eigenvalue weighted by Crippen LogP contribution is 2.47. The Morgan fingerprint density at radius 2 is 2.00 bits per heavy atom. The summed E-state index contributed by atoms with van der Waals surface area (Å²) >= 11 is 1.18. The quantitative estimate of drug-likeness (QED) is 0.212. The zero-order valence-corrected chi connectivity index (χ0v) is 24.1. The Labute approximate surface area is 237 Å². The Hall–Kier alpha value is -3.27. The van der Waals surface area contributed by atoms with Crippen molar-refractivity contribution < 1.29 is 37.4 Å². The predicted octanol–water partition coefficient (Wildman–Crippen LogP) is 2.18. The number of halogens is 1. The molecule has 1 fully saturated rings. The molecule has 3 aromatic rings. The van der Waals surface area contributed by atoms with Gasteiger partial charge in [0.1, 0.15) is 29.7 Å². The summed E-state index contributed by atoms with van der Waals surface area (Å²) in [6.07, 6.45) is -4.32. The molecule has 41 heavy (non-hydrogen) atoms. The number of esters is 1. The lowest BCUT2D eigenvalue weighted by Gasteiger charge is -2.25. The Bertz CT molecular complexity index is 1510. The molecular weight excluding hydrogens is 584 g/mol. The SMILES string of the molecule is CC(C)OC(=O)C(C)NP(=O)(OCC1OC(n2ccc(=O)[nH]c2=O)C(C)(F)C1O)Oc1ccc(-c2csnn2)cc1. The van der Waals surface area contributed by atoms with Crippen molar-refractivity contribution in [1.29, 1.82) is 0 Å². The number of aromatic nitrogens is 4. The number of ether oxygens (including phenoxy) is 2. The maximum atomic E-state index is 15.6. The van der Waals surface area contributed by atoms with E-state index in [2.05, 4.69) is 14.7 Å². The zero-order valence-electron chi connectivity index (χ0n) is 22.4. The summed E-state index contributed by atoms with van der Waals surface area (Å²) < 4.78 is 55.9. The van der Waals surface area contributed by atoms with Gasteiger partial charge in [0.15, 0.2) is 11.9 Å². The number of benzene rings is 1. The summed E-state index contributed by atoms with van der Waals surface area (Å²) in [6.45, 7) is 5.02. The fourth-order valence-electron chi connectivity index (χ4n) is 3.96. The molecule has 0 saturated carbocycles. The second-order valence-electron chi connectivity index (χ2n) is 9.68. The minimum atomic E-state index is -4.40. The highest BCUT2D eigenvalue weighted by molar-refractivity contribution is 7.52. The van der Waals surface area contributed by atoms with Crippen LogP contribution in [0.15, 0.2) is 51.5 Å². The van der Waals surface area contributed by atoms with Gasteiger partial charge in [0.25, 0.3) is 5.56 Å². The van der Waals surface area contributed by atoms with Gasteiger partial charge in [0.2, 0.25) is 0 Å². The van der Waals surface area contributed by atoms with Crippen LogP contribution >= 0.6 is 19.3 Å². The molecule has 0 spiro atoms. The van der Waals surface area contributed by atoms with Gasteiger partial charge in [-0.2, -0.15) is 5.09 Å². The van der Waals surface area contributed by atoms with Crippen molar-refractivity contribution in [3.8, 4) is 17.0 Å². The Morgan fingerprint density at radius 3 is 2.61 bits per heavy atom. The largest absolute Gasteiger partial charge is 0.462 e. The number of aliphatic hydroxyl groups excluding tert-OH is 1. The highest BCUT2D eigenvalue weighted by Gasteiger charge is 2.56. The van der Waals surface area contributed by atoms with E-state index in [-0.39, 0.29) is 5.75 Å². The normalized spacial score (nSPS) is 24.6. The van der Waals surface area contributed by atoms with Crippen molar-refractivity contribution in [3.05, 3.63) is 62.7 Å². The minimum Gasteiger partial charge on any atom is -0.462 e. The molecule has 1 aliphatic heterocycles. The van der Waals surface area contributed by atoms with Gasteiger partial charge in [0.05, 0.1) is 12.7 Å². The molecule has 6 atom stereocenters. The van der Waals surface area contributed by atoms with Gasteiger partial charge in [0, 0.05) is 23.2 Å². The van der Waals surface area contributed by atoms with Crippen LogP contribution in [0, 0.1) is 0 Å². The lowest BCUT2D eigenvalue weighted by Crippen LogP contribution is -2.43. The van der Waals surface area contributed by atoms with Crippen LogP contribution in [0.25, 0.3) is 11.3 Å². The average molecular weight is 614 g/mol. The highest BCUT2D eigenvalue weighted by atomic mass is 32.1.